The van der Waals surface area contributed by atoms with Gasteiger partial charge in [-0.05, 0) is 36.1 Å². The largest absolute Gasteiger partial charge is 0.346 e. The Bertz CT molecular complexity index is 971. The first kappa shape index (κ1) is 21.6. The second-order valence-electron chi connectivity index (χ2n) is 7.99. The van der Waals surface area contributed by atoms with E-state index in [0.717, 1.165) is 17.1 Å². The molecule has 0 spiro atoms. The molecule has 5 nitrogen and oxygen atoms in total. The van der Waals surface area contributed by atoms with Crippen molar-refractivity contribution in [2.45, 2.75) is 57.8 Å². The summed E-state index contributed by atoms with van der Waals surface area (Å²) < 4.78 is 13.0. The number of aromatic nitrogens is 2. The molecule has 3 aromatic rings. The van der Waals surface area contributed by atoms with Crippen LogP contribution < -0.4 is 5.32 Å². The summed E-state index contributed by atoms with van der Waals surface area (Å²) in [6.45, 7) is 1.90. The zero-order valence-corrected chi connectivity index (χ0v) is 18.3. The third-order valence-electron chi connectivity index (χ3n) is 5.69. The molecule has 2 aromatic carbocycles. The van der Waals surface area contributed by atoms with Gasteiger partial charge in [-0.15, -0.1) is 10.2 Å². The van der Waals surface area contributed by atoms with E-state index < -0.39 is 0 Å². The van der Waals surface area contributed by atoms with Gasteiger partial charge in [0.1, 0.15) is 10.8 Å². The summed E-state index contributed by atoms with van der Waals surface area (Å²) in [4.78, 5) is 15.0. The second-order valence-corrected chi connectivity index (χ2v) is 9.05. The predicted octanol–water partition coefficient (Wildman–Crippen LogP) is 4.94. The van der Waals surface area contributed by atoms with Crippen molar-refractivity contribution in [2.75, 3.05) is 0 Å². The molecule has 1 fully saturated rings. The van der Waals surface area contributed by atoms with E-state index in [9.17, 15) is 9.18 Å². The molecule has 1 aliphatic carbocycles. The van der Waals surface area contributed by atoms with Crippen molar-refractivity contribution in [2.24, 2.45) is 0 Å². The summed E-state index contributed by atoms with van der Waals surface area (Å²) in [6.07, 6.45) is 6.26. The Balaban J connectivity index is 1.39. The van der Waals surface area contributed by atoms with Crippen molar-refractivity contribution < 1.29 is 9.18 Å². The highest BCUT2D eigenvalue weighted by Crippen LogP contribution is 2.26. The number of halogens is 1. The lowest BCUT2D eigenvalue weighted by molar-refractivity contribution is 0.0950. The number of carbonyl (C=O) groups excluding carboxylic acids is 1. The first-order valence-electron chi connectivity index (χ1n) is 10.8. The zero-order chi connectivity index (χ0) is 21.5. The molecule has 7 heteroatoms. The second kappa shape index (κ2) is 10.6. The highest BCUT2D eigenvalue weighted by atomic mass is 32.1. The average molecular weight is 439 g/mol. The van der Waals surface area contributed by atoms with E-state index >= 15 is 0 Å². The first-order valence-corrected chi connectivity index (χ1v) is 11.6. The van der Waals surface area contributed by atoms with E-state index in [4.69, 9.17) is 0 Å². The van der Waals surface area contributed by atoms with Gasteiger partial charge in [-0.3, -0.25) is 9.69 Å². The first-order chi connectivity index (χ1) is 15.2. The maximum atomic E-state index is 13.0. The Labute approximate surface area is 186 Å². The van der Waals surface area contributed by atoms with Crippen molar-refractivity contribution in [3.8, 4) is 0 Å². The van der Waals surface area contributed by atoms with Crippen LogP contribution in [0.5, 0.6) is 0 Å². The summed E-state index contributed by atoms with van der Waals surface area (Å²) in [5.41, 5.74) is 2.13. The molecule has 31 heavy (non-hydrogen) atoms. The highest BCUT2D eigenvalue weighted by Gasteiger charge is 2.23. The molecule has 0 aliphatic heterocycles. The van der Waals surface area contributed by atoms with Gasteiger partial charge in [0.25, 0.3) is 5.91 Å². The van der Waals surface area contributed by atoms with Crippen LogP contribution >= 0.6 is 11.3 Å². The average Bonchev–Trinajstić information content (AvgIpc) is 3.28. The van der Waals surface area contributed by atoms with Crippen molar-refractivity contribution in [1.82, 2.24) is 20.4 Å². The molecule has 0 saturated heterocycles. The predicted molar refractivity (Wildman–Crippen MR) is 120 cm³/mol. The van der Waals surface area contributed by atoms with Crippen LogP contribution in [-0.2, 0) is 19.6 Å². The molecule has 1 amide bonds. The number of nitrogens with one attached hydrogen (secondary N) is 1. The van der Waals surface area contributed by atoms with Crippen LogP contribution in [0, 0.1) is 5.82 Å². The molecule has 1 N–H and O–H groups in total. The van der Waals surface area contributed by atoms with Crippen LogP contribution in [-0.4, -0.2) is 27.0 Å². The summed E-state index contributed by atoms with van der Waals surface area (Å²) in [7, 11) is 0. The van der Waals surface area contributed by atoms with Gasteiger partial charge < -0.3 is 5.32 Å². The third kappa shape index (κ3) is 6.18. The van der Waals surface area contributed by atoms with E-state index in [1.165, 1.54) is 61.1 Å². The molecule has 1 saturated carbocycles. The van der Waals surface area contributed by atoms with Crippen LogP contribution in [0.4, 0.5) is 4.39 Å². The van der Waals surface area contributed by atoms with Crippen molar-refractivity contribution in [3.05, 3.63) is 81.6 Å². The summed E-state index contributed by atoms with van der Waals surface area (Å²) in [6, 6.07) is 17.1. The SMILES string of the molecule is O=C(NCc1ccc(F)cc1)c1nnc(CN(Cc2ccccc2)C2CCCCC2)s1. The lowest BCUT2D eigenvalue weighted by Crippen LogP contribution is -2.35. The zero-order valence-electron chi connectivity index (χ0n) is 17.5. The van der Waals surface area contributed by atoms with Gasteiger partial charge in [0.2, 0.25) is 5.01 Å². The van der Waals surface area contributed by atoms with Gasteiger partial charge in [0.15, 0.2) is 0 Å². The lowest BCUT2D eigenvalue weighted by Gasteiger charge is -2.33. The topological polar surface area (TPSA) is 58.1 Å². The minimum atomic E-state index is -0.290. The van der Waals surface area contributed by atoms with Gasteiger partial charge in [-0.2, -0.15) is 0 Å². The quantitative estimate of drug-likeness (QED) is 0.541. The fraction of sp³-hybridized carbons (Fsp3) is 0.375. The molecule has 1 aromatic heterocycles. The Morgan fingerprint density at radius 3 is 2.45 bits per heavy atom. The van der Waals surface area contributed by atoms with E-state index in [0.29, 0.717) is 24.1 Å². The summed E-state index contributed by atoms with van der Waals surface area (Å²) in [5.74, 6) is -0.540. The molecule has 0 radical (unpaired) electrons. The molecule has 1 heterocycles. The Kier molecular flexibility index (Phi) is 7.38. The maximum Gasteiger partial charge on any atom is 0.282 e. The maximum absolute atomic E-state index is 13.0. The van der Waals surface area contributed by atoms with Crippen molar-refractivity contribution in [1.29, 1.82) is 0 Å². The molecule has 4 rings (SSSR count). The van der Waals surface area contributed by atoms with E-state index in [-0.39, 0.29) is 11.7 Å². The number of hydrogen-bond acceptors (Lipinski definition) is 5. The summed E-state index contributed by atoms with van der Waals surface area (Å²) >= 11 is 1.35. The number of hydrogen-bond donors (Lipinski definition) is 1. The molecular formula is C24H27FN4OS. The normalized spacial score (nSPS) is 14.6. The molecule has 162 valence electrons. The van der Waals surface area contributed by atoms with Crippen LogP contribution in [0.25, 0.3) is 0 Å². The monoisotopic (exact) mass is 438 g/mol. The number of carbonyl (C=O) groups is 1. The smallest absolute Gasteiger partial charge is 0.282 e. The minimum Gasteiger partial charge on any atom is -0.346 e. The minimum absolute atomic E-state index is 0.250. The van der Waals surface area contributed by atoms with E-state index in [1.54, 1.807) is 12.1 Å². The molecule has 0 bridgehead atoms. The standard InChI is InChI=1S/C24H27FN4OS/c25-20-13-11-18(12-14-20)15-26-23(30)24-28-27-22(31-24)17-29(21-9-5-2-6-10-21)16-19-7-3-1-4-8-19/h1,3-4,7-8,11-14,21H,2,5-6,9-10,15-17H2,(H,26,30). The molecular weight excluding hydrogens is 411 g/mol. The molecule has 0 atom stereocenters. The molecule has 1 aliphatic rings. The Hall–Kier alpha value is -2.64. The van der Waals surface area contributed by atoms with Gasteiger partial charge in [-0.25, -0.2) is 4.39 Å². The number of nitrogens with zero attached hydrogens (tertiary/aromatic N) is 3. The highest BCUT2D eigenvalue weighted by molar-refractivity contribution is 7.13. The number of rotatable bonds is 8. The van der Waals surface area contributed by atoms with Crippen LogP contribution in [0.1, 0.15) is 58.0 Å². The van der Waals surface area contributed by atoms with Gasteiger partial charge >= 0.3 is 0 Å². The fourth-order valence-corrected chi connectivity index (χ4v) is 4.80. The van der Waals surface area contributed by atoms with Crippen molar-refractivity contribution >= 4 is 17.2 Å². The van der Waals surface area contributed by atoms with E-state index in [2.05, 4.69) is 44.7 Å². The van der Waals surface area contributed by atoms with E-state index in [1.807, 2.05) is 6.07 Å². The lowest BCUT2D eigenvalue weighted by atomic mass is 9.94. The van der Waals surface area contributed by atoms with Crippen LogP contribution in [0.2, 0.25) is 0 Å². The number of amides is 1. The Morgan fingerprint density at radius 1 is 0.968 bits per heavy atom. The van der Waals surface area contributed by atoms with Gasteiger partial charge in [0.05, 0.1) is 6.54 Å². The van der Waals surface area contributed by atoms with Crippen molar-refractivity contribution in [3.63, 3.8) is 0 Å². The summed E-state index contributed by atoms with van der Waals surface area (Å²) in [5, 5.41) is 12.5. The van der Waals surface area contributed by atoms with Crippen LogP contribution in [0.3, 0.4) is 0 Å². The molecule has 0 unspecified atom stereocenters. The third-order valence-corrected chi connectivity index (χ3v) is 6.59. The van der Waals surface area contributed by atoms with Gasteiger partial charge in [0, 0.05) is 19.1 Å². The Morgan fingerprint density at radius 2 is 1.71 bits per heavy atom. The van der Waals surface area contributed by atoms with Gasteiger partial charge in [-0.1, -0.05) is 73.1 Å². The number of benzene rings is 2. The fourth-order valence-electron chi connectivity index (χ4n) is 4.02. The van der Waals surface area contributed by atoms with Crippen LogP contribution in [0.15, 0.2) is 54.6 Å².